The highest BCUT2D eigenvalue weighted by molar-refractivity contribution is 6.27. The SMILES string of the molecule is Cc1cccc(-n2c3ccc(-c4ccccc4)cc3c3cc(-c4ccccc4)c4oc5ccccc5c4c32)c1. The Kier molecular flexibility index (Phi) is 4.77. The minimum Gasteiger partial charge on any atom is -0.455 e. The molecule has 0 spiro atoms. The van der Waals surface area contributed by atoms with Crippen LogP contribution >= 0.6 is 0 Å². The number of aryl methyl sites for hydroxylation is 1. The van der Waals surface area contributed by atoms with Crippen LogP contribution in [0.15, 0.2) is 138 Å². The van der Waals surface area contributed by atoms with Gasteiger partial charge in [0, 0.05) is 27.4 Å². The van der Waals surface area contributed by atoms with Crippen molar-refractivity contribution in [3.8, 4) is 27.9 Å². The minimum absolute atomic E-state index is 0.906. The molecule has 0 aliphatic rings. The first-order chi connectivity index (χ1) is 19.3. The molecule has 0 bridgehead atoms. The van der Waals surface area contributed by atoms with Crippen LogP contribution in [0.5, 0.6) is 0 Å². The molecule has 0 aliphatic heterocycles. The summed E-state index contributed by atoms with van der Waals surface area (Å²) in [5.41, 5.74) is 11.3. The molecule has 2 heteroatoms. The second-order valence-electron chi connectivity index (χ2n) is 10.3. The van der Waals surface area contributed by atoms with Gasteiger partial charge in [0.05, 0.1) is 16.4 Å². The summed E-state index contributed by atoms with van der Waals surface area (Å²) in [7, 11) is 0. The van der Waals surface area contributed by atoms with Gasteiger partial charge >= 0.3 is 0 Å². The Morgan fingerprint density at radius 3 is 2.08 bits per heavy atom. The maximum atomic E-state index is 6.64. The van der Waals surface area contributed by atoms with Gasteiger partial charge in [0.15, 0.2) is 0 Å². The number of furan rings is 1. The predicted molar refractivity (Wildman–Crippen MR) is 164 cm³/mol. The molecule has 2 heterocycles. The van der Waals surface area contributed by atoms with Crippen molar-refractivity contribution >= 4 is 43.7 Å². The summed E-state index contributed by atoms with van der Waals surface area (Å²) < 4.78 is 9.06. The van der Waals surface area contributed by atoms with Crippen LogP contribution in [0, 0.1) is 6.92 Å². The Morgan fingerprint density at radius 1 is 0.538 bits per heavy atom. The van der Waals surface area contributed by atoms with Crippen molar-refractivity contribution in [1.29, 1.82) is 0 Å². The van der Waals surface area contributed by atoms with E-state index in [0.29, 0.717) is 0 Å². The number of para-hydroxylation sites is 1. The number of fused-ring (bicyclic) bond motifs is 7. The van der Waals surface area contributed by atoms with E-state index < -0.39 is 0 Å². The van der Waals surface area contributed by atoms with E-state index in [2.05, 4.69) is 139 Å². The third-order valence-electron chi connectivity index (χ3n) is 7.82. The number of benzene rings is 6. The Labute approximate surface area is 226 Å². The van der Waals surface area contributed by atoms with E-state index in [1.54, 1.807) is 0 Å². The van der Waals surface area contributed by atoms with Gasteiger partial charge in [0.2, 0.25) is 0 Å². The van der Waals surface area contributed by atoms with Crippen molar-refractivity contribution in [1.82, 2.24) is 4.57 Å². The molecular weight excluding hydrogens is 474 g/mol. The normalized spacial score (nSPS) is 11.7. The first-order valence-corrected chi connectivity index (χ1v) is 13.4. The highest BCUT2D eigenvalue weighted by atomic mass is 16.3. The zero-order valence-corrected chi connectivity index (χ0v) is 21.6. The maximum Gasteiger partial charge on any atom is 0.145 e. The van der Waals surface area contributed by atoms with Crippen LogP contribution in [-0.4, -0.2) is 4.57 Å². The molecule has 0 aliphatic carbocycles. The van der Waals surface area contributed by atoms with Crippen molar-refractivity contribution in [2.45, 2.75) is 6.92 Å². The summed E-state index contributed by atoms with van der Waals surface area (Å²) in [5.74, 6) is 0. The molecule has 0 saturated heterocycles. The van der Waals surface area contributed by atoms with Crippen LogP contribution in [0.2, 0.25) is 0 Å². The fourth-order valence-electron chi connectivity index (χ4n) is 6.07. The van der Waals surface area contributed by atoms with Crippen LogP contribution in [-0.2, 0) is 0 Å². The van der Waals surface area contributed by atoms with E-state index in [1.165, 1.54) is 38.5 Å². The van der Waals surface area contributed by atoms with Crippen molar-refractivity contribution < 1.29 is 4.42 Å². The van der Waals surface area contributed by atoms with Gasteiger partial charge < -0.3 is 8.98 Å². The summed E-state index contributed by atoms with van der Waals surface area (Å²) in [5, 5.41) is 4.75. The third kappa shape index (κ3) is 3.35. The van der Waals surface area contributed by atoms with Gasteiger partial charge in [-0.3, -0.25) is 0 Å². The Hall–Kier alpha value is -5.08. The van der Waals surface area contributed by atoms with Crippen LogP contribution in [0.1, 0.15) is 5.56 Å². The molecule has 8 rings (SSSR count). The zero-order valence-electron chi connectivity index (χ0n) is 21.6. The average Bonchev–Trinajstić information content (AvgIpc) is 3.53. The van der Waals surface area contributed by atoms with Crippen molar-refractivity contribution in [2.24, 2.45) is 0 Å². The molecule has 0 radical (unpaired) electrons. The average molecular weight is 500 g/mol. The lowest BCUT2D eigenvalue weighted by molar-refractivity contribution is 0.670. The zero-order chi connectivity index (χ0) is 25.9. The van der Waals surface area contributed by atoms with Gasteiger partial charge in [-0.15, -0.1) is 0 Å². The molecule has 2 aromatic heterocycles. The van der Waals surface area contributed by atoms with Gasteiger partial charge in [-0.1, -0.05) is 97.1 Å². The van der Waals surface area contributed by atoms with E-state index in [0.717, 1.165) is 38.8 Å². The monoisotopic (exact) mass is 499 g/mol. The smallest absolute Gasteiger partial charge is 0.145 e. The molecular formula is C37H25NO. The topological polar surface area (TPSA) is 18.1 Å². The number of aromatic nitrogens is 1. The second-order valence-corrected chi connectivity index (χ2v) is 10.3. The van der Waals surface area contributed by atoms with E-state index in [9.17, 15) is 0 Å². The van der Waals surface area contributed by atoms with Gasteiger partial charge in [-0.05, 0) is 65.6 Å². The molecule has 0 amide bonds. The van der Waals surface area contributed by atoms with Crippen LogP contribution in [0.25, 0.3) is 71.7 Å². The summed E-state index contributed by atoms with van der Waals surface area (Å²) in [6.07, 6.45) is 0. The molecule has 39 heavy (non-hydrogen) atoms. The molecule has 0 saturated carbocycles. The highest BCUT2D eigenvalue weighted by Crippen LogP contribution is 2.45. The van der Waals surface area contributed by atoms with Gasteiger partial charge in [0.25, 0.3) is 0 Å². The number of hydrogen-bond donors (Lipinski definition) is 0. The molecule has 0 atom stereocenters. The molecule has 0 N–H and O–H groups in total. The fraction of sp³-hybridized carbons (Fsp3) is 0.0270. The Bertz CT molecular complexity index is 2170. The van der Waals surface area contributed by atoms with Crippen molar-refractivity contribution in [2.75, 3.05) is 0 Å². The molecule has 8 aromatic rings. The number of hydrogen-bond acceptors (Lipinski definition) is 1. The molecule has 0 fully saturated rings. The standard InChI is InChI=1S/C37H25NO/c1-24-11-10-16-28(21-24)38-33-20-19-27(25-12-4-2-5-13-25)22-31(33)32-23-30(26-14-6-3-7-15-26)37-35(36(32)38)29-17-8-9-18-34(29)39-37/h2-23H,1H3. The lowest BCUT2D eigenvalue weighted by atomic mass is 9.97. The molecule has 0 unspecified atom stereocenters. The minimum atomic E-state index is 0.906. The van der Waals surface area contributed by atoms with E-state index in [4.69, 9.17) is 4.42 Å². The van der Waals surface area contributed by atoms with Crippen LogP contribution in [0.4, 0.5) is 0 Å². The van der Waals surface area contributed by atoms with E-state index >= 15 is 0 Å². The Balaban J connectivity index is 1.61. The lowest BCUT2D eigenvalue weighted by Crippen LogP contribution is -1.95. The third-order valence-corrected chi connectivity index (χ3v) is 7.82. The van der Waals surface area contributed by atoms with Gasteiger partial charge in [-0.2, -0.15) is 0 Å². The lowest BCUT2D eigenvalue weighted by Gasteiger charge is -2.11. The summed E-state index contributed by atoms with van der Waals surface area (Å²) in [6, 6.07) is 47.6. The van der Waals surface area contributed by atoms with Crippen LogP contribution in [0.3, 0.4) is 0 Å². The second kappa shape index (κ2) is 8.47. The predicted octanol–water partition coefficient (Wildman–Crippen LogP) is 10.3. The first kappa shape index (κ1) is 22.0. The maximum absolute atomic E-state index is 6.64. The molecule has 6 aromatic carbocycles. The highest BCUT2D eigenvalue weighted by Gasteiger charge is 2.22. The summed E-state index contributed by atoms with van der Waals surface area (Å²) in [6.45, 7) is 2.15. The fourth-order valence-corrected chi connectivity index (χ4v) is 6.07. The largest absolute Gasteiger partial charge is 0.455 e. The number of nitrogens with zero attached hydrogens (tertiary/aromatic N) is 1. The molecule has 184 valence electrons. The van der Waals surface area contributed by atoms with Crippen LogP contribution < -0.4 is 0 Å². The quantitative estimate of drug-likeness (QED) is 0.236. The molecule has 2 nitrogen and oxygen atoms in total. The first-order valence-electron chi connectivity index (χ1n) is 13.4. The Morgan fingerprint density at radius 2 is 1.28 bits per heavy atom. The number of rotatable bonds is 3. The van der Waals surface area contributed by atoms with E-state index in [1.807, 2.05) is 6.07 Å². The van der Waals surface area contributed by atoms with Gasteiger partial charge in [0.1, 0.15) is 11.2 Å². The van der Waals surface area contributed by atoms with E-state index in [-0.39, 0.29) is 0 Å². The van der Waals surface area contributed by atoms with Gasteiger partial charge in [-0.25, -0.2) is 0 Å². The van der Waals surface area contributed by atoms with Crippen molar-refractivity contribution in [3.63, 3.8) is 0 Å². The van der Waals surface area contributed by atoms with Crippen molar-refractivity contribution in [3.05, 3.63) is 139 Å². The summed E-state index contributed by atoms with van der Waals surface area (Å²) in [4.78, 5) is 0. The summed E-state index contributed by atoms with van der Waals surface area (Å²) >= 11 is 0.